The summed E-state index contributed by atoms with van der Waals surface area (Å²) in [6, 6.07) is 15.2. The molecular formula is C31H26F3N2O+. The fourth-order valence-corrected chi connectivity index (χ4v) is 3.85. The van der Waals surface area contributed by atoms with Gasteiger partial charge >= 0.3 is 6.18 Å². The van der Waals surface area contributed by atoms with Crippen molar-refractivity contribution in [2.24, 2.45) is 0 Å². The van der Waals surface area contributed by atoms with Crippen LogP contribution in [0.4, 0.5) is 13.2 Å². The number of hydrogen-bond acceptors (Lipinski definition) is 2. The molecule has 0 bridgehead atoms. The number of aryl methyl sites for hydroxylation is 1. The number of ether oxygens (including phenoxy) is 1. The topological polar surface area (TPSA) is 36.0 Å². The Morgan fingerprint density at radius 2 is 1.54 bits per heavy atom. The minimum absolute atomic E-state index is 0.457. The highest BCUT2D eigenvalue weighted by atomic mass is 19.4. The van der Waals surface area contributed by atoms with E-state index >= 15 is 0 Å². The van der Waals surface area contributed by atoms with Gasteiger partial charge in [-0.15, -0.1) is 0 Å². The zero-order valence-corrected chi connectivity index (χ0v) is 20.6. The molecule has 2 aliphatic rings. The minimum Gasteiger partial charge on any atom is -0.457 e. The summed E-state index contributed by atoms with van der Waals surface area (Å²) >= 11 is 0. The van der Waals surface area contributed by atoms with E-state index in [-0.39, 0.29) is 0 Å². The van der Waals surface area contributed by atoms with Crippen LogP contribution in [0.15, 0.2) is 108 Å². The van der Waals surface area contributed by atoms with Crippen molar-refractivity contribution in [2.45, 2.75) is 19.5 Å². The van der Waals surface area contributed by atoms with Crippen LogP contribution in [0.5, 0.6) is 0 Å². The molecule has 0 saturated heterocycles. The van der Waals surface area contributed by atoms with Gasteiger partial charge in [0.15, 0.2) is 12.3 Å². The Morgan fingerprint density at radius 1 is 0.892 bits per heavy atom. The summed E-state index contributed by atoms with van der Waals surface area (Å²) < 4.78 is 47.3. The third kappa shape index (κ3) is 6.65. The summed E-state index contributed by atoms with van der Waals surface area (Å²) in [7, 11) is 1.94. The Morgan fingerprint density at radius 3 is 2.16 bits per heavy atom. The molecule has 0 fully saturated rings. The van der Waals surface area contributed by atoms with Crippen LogP contribution in [0, 0.1) is 18.3 Å². The summed E-state index contributed by atoms with van der Waals surface area (Å²) in [5.41, 5.74) is 4.70. The van der Waals surface area contributed by atoms with Crippen LogP contribution in [0.25, 0.3) is 11.3 Å². The van der Waals surface area contributed by atoms with Gasteiger partial charge in [-0.3, -0.25) is 0 Å². The lowest BCUT2D eigenvalue weighted by molar-refractivity contribution is -0.494. The molecule has 186 valence electrons. The highest BCUT2D eigenvalue weighted by Gasteiger charge is 2.30. The van der Waals surface area contributed by atoms with Crippen LogP contribution >= 0.6 is 0 Å². The lowest BCUT2D eigenvalue weighted by atomic mass is 9.99. The first-order chi connectivity index (χ1) is 17.7. The molecule has 0 atom stereocenters. The van der Waals surface area contributed by atoms with E-state index in [1.165, 1.54) is 12.1 Å². The van der Waals surface area contributed by atoms with E-state index in [0.717, 1.165) is 40.1 Å². The molecule has 4 rings (SSSR count). The zero-order chi connectivity index (χ0) is 26.4. The molecule has 0 unspecified atom stereocenters. The van der Waals surface area contributed by atoms with E-state index in [0.29, 0.717) is 30.0 Å². The number of alkyl halides is 3. The van der Waals surface area contributed by atoms with E-state index in [1.807, 2.05) is 91.4 Å². The Bertz CT molecular complexity index is 1410. The number of nitrogens with zero attached hydrogens (tertiary/aromatic N) is 2. The highest BCUT2D eigenvalue weighted by Crippen LogP contribution is 2.34. The summed E-state index contributed by atoms with van der Waals surface area (Å²) in [6.45, 7) is 2.66. The van der Waals surface area contributed by atoms with E-state index < -0.39 is 11.7 Å². The van der Waals surface area contributed by atoms with Gasteiger partial charge in [0.1, 0.15) is 18.6 Å². The van der Waals surface area contributed by atoms with Crippen LogP contribution in [0.1, 0.15) is 28.7 Å². The summed E-state index contributed by atoms with van der Waals surface area (Å²) in [5.74, 6) is 1.19. The summed E-state index contributed by atoms with van der Waals surface area (Å²) in [4.78, 5) is 0. The molecule has 0 aromatic heterocycles. The Balaban J connectivity index is 1.64. The monoisotopic (exact) mass is 499 g/mol. The van der Waals surface area contributed by atoms with Crippen LogP contribution in [-0.2, 0) is 10.9 Å². The van der Waals surface area contributed by atoms with Crippen molar-refractivity contribution in [1.29, 1.82) is 5.26 Å². The van der Waals surface area contributed by atoms with Crippen molar-refractivity contribution in [3.05, 3.63) is 131 Å². The maximum absolute atomic E-state index is 13.1. The van der Waals surface area contributed by atoms with E-state index in [1.54, 1.807) is 0 Å². The molecule has 6 heteroatoms. The molecular weight excluding hydrogens is 473 g/mol. The molecule has 37 heavy (non-hydrogen) atoms. The first kappa shape index (κ1) is 25.7. The van der Waals surface area contributed by atoms with Gasteiger partial charge in [-0.1, -0.05) is 48.0 Å². The molecule has 1 heterocycles. The largest absolute Gasteiger partial charge is 0.457 e. The van der Waals surface area contributed by atoms with E-state index in [2.05, 4.69) is 6.07 Å². The van der Waals surface area contributed by atoms with E-state index in [9.17, 15) is 13.2 Å². The first-order valence-electron chi connectivity index (χ1n) is 11.8. The molecule has 0 saturated carbocycles. The third-order valence-corrected chi connectivity index (χ3v) is 6.03. The molecule has 1 aliphatic heterocycles. The standard InChI is InChI=1S/C31H26F3N2O/c1-22-4-9-25(10-5-22)30-21-26(24-11-13-27(14-12-24)31(32,33)34)20-29(37-30)17-8-23-6-15-28(16-7-23)36(2)19-3-18-35/h4-17,20-21H,3,19H2,1-2H3/q+1. The van der Waals surface area contributed by atoms with Gasteiger partial charge in [-0.2, -0.15) is 18.4 Å². The molecule has 0 amide bonds. The predicted molar refractivity (Wildman–Crippen MR) is 140 cm³/mol. The zero-order valence-electron chi connectivity index (χ0n) is 20.6. The molecule has 0 N–H and O–H groups in total. The third-order valence-electron chi connectivity index (χ3n) is 6.03. The SMILES string of the molecule is Cc1ccc(C2=CC(c3ccc(C(F)(F)F)cc3)=CC(=CC=C3C=CC(=[N+](C)CCC#N)C=C3)O2)cc1. The molecule has 0 radical (unpaired) electrons. The van der Waals surface area contributed by atoms with Gasteiger partial charge in [0.25, 0.3) is 0 Å². The molecule has 2 aromatic carbocycles. The van der Waals surface area contributed by atoms with Crippen molar-refractivity contribution in [3.63, 3.8) is 0 Å². The lowest BCUT2D eigenvalue weighted by Gasteiger charge is -2.19. The first-order valence-corrected chi connectivity index (χ1v) is 11.8. The molecule has 2 aromatic rings. The number of halogens is 3. The lowest BCUT2D eigenvalue weighted by Crippen LogP contribution is -2.16. The van der Waals surface area contributed by atoms with Crippen molar-refractivity contribution < 1.29 is 22.5 Å². The molecule has 3 nitrogen and oxygen atoms in total. The maximum atomic E-state index is 13.1. The van der Waals surface area contributed by atoms with Gasteiger partial charge in [-0.05, 0) is 66.1 Å². The van der Waals surface area contributed by atoms with Crippen molar-refractivity contribution in [1.82, 2.24) is 0 Å². The van der Waals surface area contributed by atoms with Crippen molar-refractivity contribution >= 4 is 17.0 Å². The number of rotatable bonds is 5. The average molecular weight is 500 g/mol. The average Bonchev–Trinajstić information content (AvgIpc) is 2.90. The Labute approximate surface area is 214 Å². The van der Waals surface area contributed by atoms with Gasteiger partial charge in [0.2, 0.25) is 0 Å². The van der Waals surface area contributed by atoms with E-state index in [4.69, 9.17) is 10.00 Å². The van der Waals surface area contributed by atoms with Crippen LogP contribution in [0.2, 0.25) is 0 Å². The number of hydrogen-bond donors (Lipinski definition) is 0. The Hall–Kier alpha value is -4.37. The number of benzene rings is 2. The normalized spacial score (nSPS) is 16.2. The fraction of sp³-hybridized carbons (Fsp3) is 0.161. The second kappa shape index (κ2) is 11.1. The minimum atomic E-state index is -4.38. The quantitative estimate of drug-likeness (QED) is 0.402. The molecule has 1 aliphatic carbocycles. The van der Waals surface area contributed by atoms with Gasteiger partial charge < -0.3 is 4.74 Å². The second-order valence-corrected chi connectivity index (χ2v) is 8.81. The Kier molecular flexibility index (Phi) is 7.74. The maximum Gasteiger partial charge on any atom is 0.416 e. The van der Waals surface area contributed by atoms with Crippen LogP contribution < -0.4 is 0 Å². The second-order valence-electron chi connectivity index (χ2n) is 8.81. The fourth-order valence-electron chi connectivity index (χ4n) is 3.85. The van der Waals surface area contributed by atoms with Gasteiger partial charge in [0.05, 0.1) is 18.1 Å². The van der Waals surface area contributed by atoms with Crippen LogP contribution in [0.3, 0.4) is 0 Å². The van der Waals surface area contributed by atoms with Crippen molar-refractivity contribution in [3.8, 4) is 6.07 Å². The summed E-state index contributed by atoms with van der Waals surface area (Å²) in [6.07, 6.45) is 11.5. The number of allylic oxidation sites excluding steroid dienone is 10. The van der Waals surface area contributed by atoms with Gasteiger partial charge in [-0.25, -0.2) is 4.58 Å². The number of nitriles is 1. The summed E-state index contributed by atoms with van der Waals surface area (Å²) in [5, 5.41) is 8.79. The van der Waals surface area contributed by atoms with Gasteiger partial charge in [0, 0.05) is 17.7 Å². The van der Waals surface area contributed by atoms with Crippen molar-refractivity contribution in [2.75, 3.05) is 13.6 Å². The van der Waals surface area contributed by atoms with Crippen LogP contribution in [-0.4, -0.2) is 23.9 Å². The predicted octanol–water partition coefficient (Wildman–Crippen LogP) is 7.40. The highest BCUT2D eigenvalue weighted by molar-refractivity contribution is 6.02. The molecule has 0 spiro atoms. The smallest absolute Gasteiger partial charge is 0.416 e.